The van der Waals surface area contributed by atoms with E-state index in [9.17, 15) is 24.0 Å². The van der Waals surface area contributed by atoms with Crippen molar-refractivity contribution in [3.8, 4) is 0 Å². The van der Waals surface area contributed by atoms with Crippen LogP contribution in [0, 0.1) is 6.92 Å². The van der Waals surface area contributed by atoms with E-state index in [0.29, 0.717) is 18.0 Å². The molecule has 1 fully saturated rings. The predicted molar refractivity (Wildman–Crippen MR) is 190 cm³/mol. The molecule has 1 saturated heterocycles. The van der Waals surface area contributed by atoms with E-state index in [-0.39, 0.29) is 6.42 Å². The quantitative estimate of drug-likeness (QED) is 0.150. The molecular weight excluding hydrogens is 690 g/mol. The van der Waals surface area contributed by atoms with Crippen LogP contribution in [0.15, 0.2) is 89.8 Å². The molecule has 0 aromatic heterocycles. The lowest BCUT2D eigenvalue weighted by atomic mass is 9.87. The van der Waals surface area contributed by atoms with Gasteiger partial charge in [0.25, 0.3) is 0 Å². The first-order chi connectivity index (χ1) is 24.8. The van der Waals surface area contributed by atoms with Gasteiger partial charge in [0.2, 0.25) is 4.93 Å². The monoisotopic (exact) mass is 735 g/mol. The molecular formula is C39H45NO11S. The Kier molecular flexibility index (Phi) is 14.4. The number of rotatable bonds is 15. The first-order valence-corrected chi connectivity index (χ1v) is 17.6. The van der Waals surface area contributed by atoms with Gasteiger partial charge in [0.15, 0.2) is 12.2 Å². The fourth-order valence-corrected chi connectivity index (χ4v) is 7.44. The highest BCUT2D eigenvalue weighted by molar-refractivity contribution is 8.01. The van der Waals surface area contributed by atoms with Crippen molar-refractivity contribution in [2.24, 2.45) is 0 Å². The summed E-state index contributed by atoms with van der Waals surface area (Å²) in [5, 5.41) is 0. The standard InChI is InChI=1S/C39H45NO11S/c1-25-17-19-32(20-18-25)52-39(38(45)46-6)21-33(48-27(3)42)35(40(22-30-13-9-7-10-14-30)23-31-15-11-8-12-16-31)37(51-39)36(50-29(5)44)34(49-28(4)43)24-47-26(2)41/h7-20,33-37H,21-24H2,1-6H3/t33-,34+,35+,36+,37+,39+/m0/s1. The summed E-state index contributed by atoms with van der Waals surface area (Å²) in [5.74, 6) is -3.62. The van der Waals surface area contributed by atoms with E-state index in [0.717, 1.165) is 35.4 Å². The van der Waals surface area contributed by atoms with Crippen LogP contribution in [-0.2, 0) is 65.5 Å². The van der Waals surface area contributed by atoms with E-state index < -0.39 is 71.8 Å². The lowest BCUT2D eigenvalue weighted by Crippen LogP contribution is -2.67. The van der Waals surface area contributed by atoms with Gasteiger partial charge in [-0.05, 0) is 30.2 Å². The summed E-state index contributed by atoms with van der Waals surface area (Å²) in [6.45, 7) is 6.79. The summed E-state index contributed by atoms with van der Waals surface area (Å²) >= 11 is 1.05. The molecule has 13 heteroatoms. The van der Waals surface area contributed by atoms with E-state index >= 15 is 0 Å². The maximum Gasteiger partial charge on any atom is 0.349 e. The topological polar surface area (TPSA) is 144 Å². The fraction of sp³-hybridized carbons (Fsp3) is 0.410. The molecule has 52 heavy (non-hydrogen) atoms. The smallest absolute Gasteiger partial charge is 0.349 e. The number of carbonyl (C=O) groups is 5. The van der Waals surface area contributed by atoms with E-state index in [4.69, 9.17) is 28.4 Å². The van der Waals surface area contributed by atoms with Crippen molar-refractivity contribution in [1.82, 2.24) is 4.90 Å². The highest BCUT2D eigenvalue weighted by Gasteiger charge is 2.59. The van der Waals surface area contributed by atoms with Gasteiger partial charge in [0.05, 0.1) is 13.2 Å². The van der Waals surface area contributed by atoms with Crippen molar-refractivity contribution in [2.45, 2.75) is 94.4 Å². The van der Waals surface area contributed by atoms with Gasteiger partial charge in [0, 0.05) is 52.1 Å². The van der Waals surface area contributed by atoms with Crippen molar-refractivity contribution in [3.05, 3.63) is 102 Å². The average molecular weight is 736 g/mol. The van der Waals surface area contributed by atoms with Crippen molar-refractivity contribution in [1.29, 1.82) is 0 Å². The second-order valence-corrected chi connectivity index (χ2v) is 13.8. The second kappa shape index (κ2) is 18.7. The van der Waals surface area contributed by atoms with Crippen molar-refractivity contribution in [2.75, 3.05) is 13.7 Å². The van der Waals surface area contributed by atoms with Crippen molar-refractivity contribution < 1.29 is 52.4 Å². The molecule has 0 amide bonds. The Bertz CT molecular complexity index is 1630. The molecule has 1 heterocycles. The van der Waals surface area contributed by atoms with Gasteiger partial charge in [-0.15, -0.1) is 0 Å². The van der Waals surface area contributed by atoms with Gasteiger partial charge in [-0.1, -0.05) is 90.1 Å². The Morgan fingerprint density at radius 3 is 1.83 bits per heavy atom. The molecule has 1 aliphatic rings. The second-order valence-electron chi connectivity index (χ2n) is 12.5. The minimum absolute atomic E-state index is 0.173. The van der Waals surface area contributed by atoms with Gasteiger partial charge in [-0.25, -0.2) is 4.79 Å². The zero-order chi connectivity index (χ0) is 37.8. The molecule has 0 unspecified atom stereocenters. The third kappa shape index (κ3) is 11.1. The zero-order valence-corrected chi connectivity index (χ0v) is 31.0. The maximum atomic E-state index is 14.0. The summed E-state index contributed by atoms with van der Waals surface area (Å²) in [6.07, 6.45) is -5.49. The van der Waals surface area contributed by atoms with Crippen LogP contribution < -0.4 is 0 Å². The van der Waals surface area contributed by atoms with E-state index in [1.165, 1.54) is 27.9 Å². The Morgan fingerprint density at radius 2 is 1.35 bits per heavy atom. The average Bonchev–Trinajstić information content (AvgIpc) is 3.09. The van der Waals surface area contributed by atoms with Crippen LogP contribution >= 0.6 is 11.8 Å². The molecule has 0 saturated carbocycles. The van der Waals surface area contributed by atoms with Crippen LogP contribution in [0.1, 0.15) is 50.8 Å². The molecule has 1 aliphatic heterocycles. The molecule has 0 bridgehead atoms. The molecule has 3 aromatic rings. The molecule has 0 aliphatic carbocycles. The third-order valence-corrected chi connectivity index (χ3v) is 9.54. The number of benzene rings is 3. The lowest BCUT2D eigenvalue weighted by molar-refractivity contribution is -0.236. The summed E-state index contributed by atoms with van der Waals surface area (Å²) in [7, 11) is 1.22. The number of carbonyl (C=O) groups excluding carboxylic acids is 5. The minimum atomic E-state index is -1.86. The molecule has 0 N–H and O–H groups in total. The maximum absolute atomic E-state index is 14.0. The largest absolute Gasteiger partial charge is 0.466 e. The van der Waals surface area contributed by atoms with Crippen LogP contribution in [0.4, 0.5) is 0 Å². The molecule has 12 nitrogen and oxygen atoms in total. The molecule has 0 spiro atoms. The highest BCUT2D eigenvalue weighted by Crippen LogP contribution is 2.47. The number of methoxy groups -OCH3 is 1. The van der Waals surface area contributed by atoms with Gasteiger partial charge >= 0.3 is 29.8 Å². The summed E-state index contributed by atoms with van der Waals surface area (Å²) in [6, 6.07) is 25.6. The molecule has 6 atom stereocenters. The number of aryl methyl sites for hydroxylation is 1. The SMILES string of the molecule is COC(=O)[C@]1(Sc2ccc(C)cc2)C[C@H](OC(C)=O)[C@@H](N(Cc2ccccc2)Cc2ccccc2)[C@H]([C@H](OC(C)=O)[C@@H](COC(C)=O)OC(C)=O)O1. The number of esters is 5. The van der Waals surface area contributed by atoms with Crippen molar-refractivity contribution >= 4 is 41.6 Å². The minimum Gasteiger partial charge on any atom is -0.466 e. The number of thioether (sulfide) groups is 1. The summed E-state index contributed by atoms with van der Waals surface area (Å²) in [5.41, 5.74) is 2.79. The van der Waals surface area contributed by atoms with Crippen LogP contribution in [-0.4, -0.2) is 83.9 Å². The van der Waals surface area contributed by atoms with Gasteiger partial charge in [-0.2, -0.15) is 0 Å². The fourth-order valence-electron chi connectivity index (χ4n) is 6.21. The molecule has 278 valence electrons. The van der Waals surface area contributed by atoms with Crippen LogP contribution in [0.3, 0.4) is 0 Å². The Balaban J connectivity index is 1.99. The molecule has 0 radical (unpaired) electrons. The first kappa shape index (κ1) is 40.1. The van der Waals surface area contributed by atoms with Crippen LogP contribution in [0.25, 0.3) is 0 Å². The lowest BCUT2D eigenvalue weighted by Gasteiger charge is -2.51. The van der Waals surface area contributed by atoms with E-state index in [1.54, 1.807) is 0 Å². The van der Waals surface area contributed by atoms with Crippen molar-refractivity contribution in [3.63, 3.8) is 0 Å². The summed E-state index contributed by atoms with van der Waals surface area (Å²) in [4.78, 5) is 65.2. The zero-order valence-electron chi connectivity index (χ0n) is 30.1. The summed E-state index contributed by atoms with van der Waals surface area (Å²) < 4.78 is 35.3. The Hall–Kier alpha value is -4.72. The number of hydrogen-bond acceptors (Lipinski definition) is 13. The van der Waals surface area contributed by atoms with E-state index in [2.05, 4.69) is 0 Å². The first-order valence-electron chi connectivity index (χ1n) is 16.8. The Morgan fingerprint density at radius 1 is 0.788 bits per heavy atom. The molecule has 4 rings (SSSR count). The normalized spacial score (nSPS) is 20.9. The number of ether oxygens (including phenoxy) is 6. The van der Waals surface area contributed by atoms with E-state index in [1.807, 2.05) is 96.8 Å². The Labute approximate surface area is 308 Å². The third-order valence-electron chi connectivity index (χ3n) is 8.27. The van der Waals surface area contributed by atoms with Crippen LogP contribution in [0.2, 0.25) is 0 Å². The number of nitrogens with zero attached hydrogens (tertiary/aromatic N) is 1. The number of hydrogen-bond donors (Lipinski definition) is 0. The molecule has 3 aromatic carbocycles. The predicted octanol–water partition coefficient (Wildman–Crippen LogP) is 5.17. The van der Waals surface area contributed by atoms with Gasteiger partial charge in [0.1, 0.15) is 18.8 Å². The van der Waals surface area contributed by atoms with Gasteiger partial charge < -0.3 is 28.4 Å². The van der Waals surface area contributed by atoms with Gasteiger partial charge in [-0.3, -0.25) is 24.1 Å². The highest BCUT2D eigenvalue weighted by atomic mass is 32.2. The van der Waals surface area contributed by atoms with Crippen LogP contribution in [0.5, 0.6) is 0 Å².